The molecule has 0 bridgehead atoms. The minimum absolute atomic E-state index is 0. The average molecular weight is 198 g/mol. The largest absolute Gasteiger partial charge is 0.297 e. The van der Waals surface area contributed by atoms with E-state index in [-0.39, 0.29) is 12.4 Å². The van der Waals surface area contributed by atoms with Crippen LogP contribution < -0.4 is 0 Å². The fraction of sp³-hybridized carbons (Fsp3) is 1.00. The lowest BCUT2D eigenvalue weighted by Crippen LogP contribution is -2.39. The van der Waals surface area contributed by atoms with Crippen molar-refractivity contribution in [3.8, 4) is 0 Å². The summed E-state index contributed by atoms with van der Waals surface area (Å²) in [6, 6.07) is 0. The molecule has 0 aromatic rings. The van der Waals surface area contributed by atoms with Gasteiger partial charge in [-0.2, -0.15) is 0 Å². The highest BCUT2D eigenvalue weighted by Gasteiger charge is 2.30. The second kappa shape index (κ2) is 4.54. The molecule has 1 aliphatic heterocycles. The van der Waals surface area contributed by atoms with Crippen LogP contribution in [0.25, 0.3) is 0 Å². The van der Waals surface area contributed by atoms with Crippen LogP contribution in [0.1, 0.15) is 26.7 Å². The molecule has 1 rings (SSSR count). The van der Waals surface area contributed by atoms with Gasteiger partial charge in [-0.3, -0.25) is 4.90 Å². The van der Waals surface area contributed by atoms with E-state index in [0.717, 1.165) is 12.4 Å². The van der Waals surface area contributed by atoms with Crippen LogP contribution in [0.4, 0.5) is 0 Å². The predicted octanol–water partition coefficient (Wildman–Crippen LogP) is 2.52. The van der Waals surface area contributed by atoms with Crippen LogP contribution in [0.2, 0.25) is 0 Å². The summed E-state index contributed by atoms with van der Waals surface area (Å²) in [5.41, 5.74) is 0.412. The SMILES string of the molecule is CC1(C)CCCN1CCCl.Cl. The Balaban J connectivity index is 0.000001000. The third kappa shape index (κ3) is 2.81. The van der Waals surface area contributed by atoms with Crippen LogP contribution in [0.5, 0.6) is 0 Å². The minimum atomic E-state index is 0. The maximum absolute atomic E-state index is 5.67. The highest BCUT2D eigenvalue weighted by atomic mass is 35.5. The fourth-order valence-electron chi connectivity index (χ4n) is 1.68. The first-order valence-corrected chi connectivity index (χ1v) is 4.51. The standard InChI is InChI=1S/C8H16ClN.ClH/c1-8(2)4-3-6-10(8)7-5-9;/h3-7H2,1-2H3;1H. The number of nitrogens with zero attached hydrogens (tertiary/aromatic N) is 1. The van der Waals surface area contributed by atoms with Crippen molar-refractivity contribution < 1.29 is 0 Å². The number of rotatable bonds is 2. The number of alkyl halides is 1. The third-order valence-corrected chi connectivity index (χ3v) is 2.60. The zero-order valence-electron chi connectivity index (χ0n) is 7.27. The van der Waals surface area contributed by atoms with E-state index in [4.69, 9.17) is 11.6 Å². The van der Waals surface area contributed by atoms with Gasteiger partial charge < -0.3 is 0 Å². The normalized spacial score (nSPS) is 23.2. The van der Waals surface area contributed by atoms with Crippen molar-refractivity contribution in [3.63, 3.8) is 0 Å². The van der Waals surface area contributed by atoms with E-state index in [1.165, 1.54) is 19.4 Å². The Morgan fingerprint density at radius 1 is 1.45 bits per heavy atom. The summed E-state index contributed by atoms with van der Waals surface area (Å²) in [4.78, 5) is 2.47. The molecular formula is C8H17Cl2N. The molecule has 0 amide bonds. The smallest absolute Gasteiger partial charge is 0.0351 e. The van der Waals surface area contributed by atoms with Crippen molar-refractivity contribution in [1.29, 1.82) is 0 Å². The van der Waals surface area contributed by atoms with Crippen LogP contribution in [-0.4, -0.2) is 29.4 Å². The molecule has 1 fully saturated rings. The van der Waals surface area contributed by atoms with E-state index in [2.05, 4.69) is 18.7 Å². The highest BCUT2D eigenvalue weighted by Crippen LogP contribution is 2.27. The van der Waals surface area contributed by atoms with Crippen molar-refractivity contribution in [2.24, 2.45) is 0 Å². The molecule has 0 spiro atoms. The van der Waals surface area contributed by atoms with E-state index in [9.17, 15) is 0 Å². The molecule has 0 saturated carbocycles. The van der Waals surface area contributed by atoms with Gasteiger partial charge in [0, 0.05) is 18.0 Å². The Morgan fingerprint density at radius 2 is 2.09 bits per heavy atom. The van der Waals surface area contributed by atoms with Gasteiger partial charge in [0.1, 0.15) is 0 Å². The Kier molecular flexibility index (Phi) is 4.76. The van der Waals surface area contributed by atoms with Crippen molar-refractivity contribution >= 4 is 24.0 Å². The van der Waals surface area contributed by atoms with Crippen LogP contribution in [0.3, 0.4) is 0 Å². The Labute approximate surface area is 80.5 Å². The molecule has 0 aromatic carbocycles. The fourth-order valence-corrected chi connectivity index (χ4v) is 1.88. The van der Waals surface area contributed by atoms with Crippen LogP contribution in [0, 0.1) is 0 Å². The zero-order valence-corrected chi connectivity index (χ0v) is 8.84. The van der Waals surface area contributed by atoms with E-state index in [0.29, 0.717) is 5.54 Å². The molecule has 3 heteroatoms. The molecule has 0 radical (unpaired) electrons. The number of halogens is 2. The summed E-state index contributed by atoms with van der Waals surface area (Å²) in [6.07, 6.45) is 2.66. The lowest BCUT2D eigenvalue weighted by molar-refractivity contribution is 0.186. The topological polar surface area (TPSA) is 3.24 Å². The van der Waals surface area contributed by atoms with Crippen molar-refractivity contribution in [1.82, 2.24) is 4.90 Å². The lowest BCUT2D eigenvalue weighted by Gasteiger charge is -2.30. The van der Waals surface area contributed by atoms with Crippen molar-refractivity contribution in [3.05, 3.63) is 0 Å². The Morgan fingerprint density at radius 3 is 2.45 bits per heavy atom. The van der Waals surface area contributed by atoms with E-state index in [1.807, 2.05) is 0 Å². The molecule has 0 unspecified atom stereocenters. The molecular weight excluding hydrogens is 181 g/mol. The first-order chi connectivity index (χ1) is 4.67. The zero-order chi connectivity index (χ0) is 7.61. The summed E-state index contributed by atoms with van der Waals surface area (Å²) >= 11 is 5.67. The first kappa shape index (κ1) is 11.5. The van der Waals surface area contributed by atoms with Gasteiger partial charge >= 0.3 is 0 Å². The maximum Gasteiger partial charge on any atom is 0.0351 e. The Hall–Kier alpha value is 0.540. The van der Waals surface area contributed by atoms with Crippen LogP contribution >= 0.6 is 24.0 Å². The molecule has 0 atom stereocenters. The summed E-state index contributed by atoms with van der Waals surface area (Å²) in [5.74, 6) is 0.767. The quantitative estimate of drug-likeness (QED) is 0.616. The second-order valence-electron chi connectivity index (χ2n) is 3.59. The number of hydrogen-bond donors (Lipinski definition) is 0. The third-order valence-electron chi connectivity index (χ3n) is 2.43. The van der Waals surface area contributed by atoms with E-state index in [1.54, 1.807) is 0 Å². The first-order valence-electron chi connectivity index (χ1n) is 3.98. The number of hydrogen-bond acceptors (Lipinski definition) is 1. The van der Waals surface area contributed by atoms with E-state index >= 15 is 0 Å². The van der Waals surface area contributed by atoms with Gasteiger partial charge in [-0.15, -0.1) is 24.0 Å². The summed E-state index contributed by atoms with van der Waals surface area (Å²) in [6.45, 7) is 6.88. The molecule has 11 heavy (non-hydrogen) atoms. The maximum atomic E-state index is 5.67. The monoisotopic (exact) mass is 197 g/mol. The molecule has 1 heterocycles. The molecule has 68 valence electrons. The summed E-state index contributed by atoms with van der Waals surface area (Å²) in [5, 5.41) is 0. The Bertz CT molecular complexity index is 115. The highest BCUT2D eigenvalue weighted by molar-refractivity contribution is 6.18. The van der Waals surface area contributed by atoms with Crippen LogP contribution in [-0.2, 0) is 0 Å². The van der Waals surface area contributed by atoms with Gasteiger partial charge in [-0.1, -0.05) is 0 Å². The average Bonchev–Trinajstić information content (AvgIpc) is 2.13. The molecule has 0 aliphatic carbocycles. The molecule has 0 N–H and O–H groups in total. The van der Waals surface area contributed by atoms with Gasteiger partial charge in [-0.25, -0.2) is 0 Å². The van der Waals surface area contributed by atoms with Gasteiger partial charge in [0.05, 0.1) is 0 Å². The second-order valence-corrected chi connectivity index (χ2v) is 3.97. The molecule has 1 aliphatic rings. The van der Waals surface area contributed by atoms with Crippen LogP contribution in [0.15, 0.2) is 0 Å². The minimum Gasteiger partial charge on any atom is -0.297 e. The molecule has 1 saturated heterocycles. The summed E-state index contributed by atoms with van der Waals surface area (Å²) < 4.78 is 0. The number of likely N-dealkylation sites (tertiary alicyclic amines) is 1. The van der Waals surface area contributed by atoms with Gasteiger partial charge in [-0.05, 0) is 33.2 Å². The van der Waals surface area contributed by atoms with Crippen molar-refractivity contribution in [2.75, 3.05) is 19.0 Å². The van der Waals surface area contributed by atoms with E-state index < -0.39 is 0 Å². The molecule has 0 aromatic heterocycles. The van der Waals surface area contributed by atoms with Crippen molar-refractivity contribution in [2.45, 2.75) is 32.2 Å². The van der Waals surface area contributed by atoms with Gasteiger partial charge in [0.2, 0.25) is 0 Å². The van der Waals surface area contributed by atoms with Gasteiger partial charge in [0.15, 0.2) is 0 Å². The summed E-state index contributed by atoms with van der Waals surface area (Å²) in [7, 11) is 0. The lowest BCUT2D eigenvalue weighted by atomic mass is 10.0. The predicted molar refractivity (Wildman–Crippen MR) is 52.9 cm³/mol. The van der Waals surface area contributed by atoms with Gasteiger partial charge in [0.25, 0.3) is 0 Å². The molecule has 1 nitrogen and oxygen atoms in total.